The Bertz CT molecular complexity index is 611. The Labute approximate surface area is 350 Å². The van der Waals surface area contributed by atoms with E-state index in [-0.39, 0.29) is 113 Å². The molecule has 3 radical (unpaired) electrons. The van der Waals surface area contributed by atoms with Gasteiger partial charge in [-0.3, -0.25) is 0 Å². The Hall–Kier alpha value is 0.972. The van der Waals surface area contributed by atoms with Crippen molar-refractivity contribution in [3.8, 4) is 0 Å². The van der Waals surface area contributed by atoms with Gasteiger partial charge in [-0.05, 0) is 71.9 Å². The maximum atomic E-state index is 2.21. The van der Waals surface area contributed by atoms with Crippen LogP contribution in [0.15, 0.2) is 72.8 Å². The van der Waals surface area contributed by atoms with E-state index in [1.54, 1.807) is 0 Å². The van der Waals surface area contributed by atoms with Crippen LogP contribution in [0.3, 0.4) is 0 Å². The van der Waals surface area contributed by atoms with Crippen molar-refractivity contribution in [3.63, 3.8) is 0 Å². The van der Waals surface area contributed by atoms with Crippen molar-refractivity contribution in [1.82, 2.24) is 0 Å². The number of hydrogen-bond donors (Lipinski definition) is 0. The van der Waals surface area contributed by atoms with Gasteiger partial charge in [-0.15, -0.1) is 0 Å². The molecule has 0 aromatic heterocycles. The van der Waals surface area contributed by atoms with Crippen LogP contribution in [0.2, 0.25) is 0 Å². The van der Waals surface area contributed by atoms with E-state index in [4.69, 9.17) is 0 Å². The predicted molar refractivity (Wildman–Crippen MR) is 194 cm³/mol. The summed E-state index contributed by atoms with van der Waals surface area (Å²) in [4.78, 5) is 0. The van der Waals surface area contributed by atoms with Crippen molar-refractivity contribution in [2.45, 2.75) is 135 Å². The third-order valence-electron chi connectivity index (χ3n) is 5.52. The van der Waals surface area contributed by atoms with Gasteiger partial charge in [0.25, 0.3) is 0 Å². The van der Waals surface area contributed by atoms with Crippen LogP contribution >= 0.6 is 0 Å². The fraction of sp³-hybridized carbons (Fsp3) is 0.500. The second-order valence-corrected chi connectivity index (χ2v) is 7.57. The molecule has 0 amide bonds. The van der Waals surface area contributed by atoms with E-state index in [0.717, 1.165) is 38.5 Å². The Balaban J connectivity index is -0.0000000489. The van der Waals surface area contributed by atoms with Gasteiger partial charge in [0, 0.05) is 98.1 Å². The Kier molecular flexibility index (Phi) is 85.5. The average molecular weight is 820 g/mol. The van der Waals surface area contributed by atoms with Crippen LogP contribution in [0, 0.1) is 14.9 Å². The molecule has 0 nitrogen and oxygen atoms in total. The van der Waals surface area contributed by atoms with Crippen LogP contribution in [-0.4, -0.2) is 0 Å². The van der Waals surface area contributed by atoms with E-state index in [0.29, 0.717) is 0 Å². The second kappa shape index (κ2) is 55.4. The van der Waals surface area contributed by atoms with Gasteiger partial charge in [-0.25, -0.2) is 0 Å². The average Bonchev–Trinajstić information content (AvgIpc) is 3.05. The summed E-state index contributed by atoms with van der Waals surface area (Å²) in [6.07, 6.45) is 6.86. The van der Waals surface area contributed by atoms with Crippen LogP contribution < -0.4 is 0 Å². The molecule has 0 aliphatic carbocycles. The monoisotopic (exact) mass is 819 g/mol. The Morgan fingerprint density at radius 1 is 0.256 bits per heavy atom. The molecule has 0 fully saturated rings. The zero-order valence-corrected chi connectivity index (χ0v) is 40.4. The summed E-state index contributed by atoms with van der Waals surface area (Å²) >= 11 is 0. The maximum absolute atomic E-state index is 2.21. The SMILES string of the molecule is CC.CC.CC.CC.CCc1ccc(CC)cc1.CCc1ccc(CC)cc1.CCc1ccc(CC)cc1.[CH3-].[CH3-].[Y].[Y].[Y]. The van der Waals surface area contributed by atoms with E-state index >= 15 is 0 Å². The van der Waals surface area contributed by atoms with Crippen LogP contribution in [0.25, 0.3) is 0 Å². The van der Waals surface area contributed by atoms with Gasteiger partial charge >= 0.3 is 0 Å². The summed E-state index contributed by atoms with van der Waals surface area (Å²) in [6.45, 7) is 29.1. The largest absolute Gasteiger partial charge is 0.358 e. The summed E-state index contributed by atoms with van der Waals surface area (Å²) < 4.78 is 0. The molecule has 3 aromatic rings. The zero-order valence-electron chi connectivity index (χ0n) is 31.9. The van der Waals surface area contributed by atoms with Crippen molar-refractivity contribution >= 4 is 0 Å². The Morgan fingerprint density at radius 3 is 0.372 bits per heavy atom. The van der Waals surface area contributed by atoms with Crippen molar-refractivity contribution in [2.75, 3.05) is 0 Å². The first-order valence-electron chi connectivity index (χ1n) is 15.8. The number of benzene rings is 3. The predicted octanol–water partition coefficient (Wildman–Crippen LogP) is 13.4. The minimum atomic E-state index is 0. The molecule has 0 bridgehead atoms. The number of aryl methyl sites for hydroxylation is 6. The molecule has 0 heterocycles. The molecule has 0 unspecified atom stereocenters. The quantitative estimate of drug-likeness (QED) is 0.217. The third kappa shape index (κ3) is 39.1. The molecular weight excluding hydrogens is 747 g/mol. The van der Waals surface area contributed by atoms with E-state index < -0.39 is 0 Å². The van der Waals surface area contributed by atoms with E-state index in [1.165, 1.54) is 33.4 Å². The fourth-order valence-corrected chi connectivity index (χ4v) is 3.03. The minimum absolute atomic E-state index is 0. The van der Waals surface area contributed by atoms with Gasteiger partial charge in [-0.1, -0.05) is 170 Å². The molecule has 0 aliphatic rings. The van der Waals surface area contributed by atoms with Gasteiger partial charge in [0.15, 0.2) is 0 Å². The minimum Gasteiger partial charge on any atom is -0.358 e. The summed E-state index contributed by atoms with van der Waals surface area (Å²) in [6, 6.07) is 26.5. The molecule has 0 aliphatic heterocycles. The zero-order chi connectivity index (χ0) is 30.2. The third-order valence-corrected chi connectivity index (χ3v) is 5.52. The van der Waals surface area contributed by atoms with Gasteiger partial charge in [0.1, 0.15) is 0 Å². The number of hydrogen-bond acceptors (Lipinski definition) is 0. The topological polar surface area (TPSA) is 0 Å². The van der Waals surface area contributed by atoms with Gasteiger partial charge < -0.3 is 14.9 Å². The number of rotatable bonds is 6. The van der Waals surface area contributed by atoms with Gasteiger partial charge in [0.05, 0.1) is 0 Å². The molecule has 243 valence electrons. The van der Waals surface area contributed by atoms with Crippen molar-refractivity contribution in [1.29, 1.82) is 0 Å². The second-order valence-electron chi connectivity index (χ2n) is 7.57. The van der Waals surface area contributed by atoms with E-state index in [1.807, 2.05) is 55.4 Å². The molecule has 0 N–H and O–H groups in total. The van der Waals surface area contributed by atoms with Crippen LogP contribution in [0.1, 0.15) is 130 Å². The first kappa shape index (κ1) is 66.4. The molecule has 0 atom stereocenters. The van der Waals surface area contributed by atoms with Crippen molar-refractivity contribution in [3.05, 3.63) is 121 Å². The molecule has 3 heteroatoms. The summed E-state index contributed by atoms with van der Waals surface area (Å²) in [7, 11) is 0. The first-order valence-corrected chi connectivity index (χ1v) is 15.8. The van der Waals surface area contributed by atoms with E-state index in [2.05, 4.69) is 114 Å². The van der Waals surface area contributed by atoms with E-state index in [9.17, 15) is 0 Å². The molecule has 3 rings (SSSR count). The molecule has 0 saturated carbocycles. The summed E-state index contributed by atoms with van der Waals surface area (Å²) in [5.74, 6) is 0. The van der Waals surface area contributed by atoms with Gasteiger partial charge in [0.2, 0.25) is 0 Å². The molecule has 43 heavy (non-hydrogen) atoms. The van der Waals surface area contributed by atoms with Crippen LogP contribution in [-0.2, 0) is 137 Å². The van der Waals surface area contributed by atoms with Crippen LogP contribution in [0.4, 0.5) is 0 Å². The molecule has 3 aromatic carbocycles. The molecular formula is C40H72Y3-2. The normalized spacial score (nSPS) is 7.40. The fourth-order valence-electron chi connectivity index (χ4n) is 3.03. The maximum Gasteiger partial charge on any atom is 0 e. The molecule has 0 spiro atoms. The van der Waals surface area contributed by atoms with Crippen LogP contribution in [0.5, 0.6) is 0 Å². The summed E-state index contributed by atoms with van der Waals surface area (Å²) in [5, 5.41) is 0. The Morgan fingerprint density at radius 2 is 0.326 bits per heavy atom. The summed E-state index contributed by atoms with van der Waals surface area (Å²) in [5.41, 5.74) is 8.57. The molecule has 0 saturated heterocycles. The first-order chi connectivity index (χ1) is 18.6. The van der Waals surface area contributed by atoms with Crippen molar-refractivity contribution < 1.29 is 98.1 Å². The smallest absolute Gasteiger partial charge is 0 e. The van der Waals surface area contributed by atoms with Gasteiger partial charge in [-0.2, -0.15) is 0 Å². The standard InChI is InChI=1S/3C10H14.4C2H6.2CH3.3Y/c3*1-3-9-5-7-10(4-2)8-6-9;4*1-2;;;;;/h3*5-8H,3-4H2,1-2H3;4*1-2H3;2*1H3;;;/q;;;;;;;2*-1;;;. The van der Waals surface area contributed by atoms with Crippen molar-refractivity contribution in [2.24, 2.45) is 0 Å².